The number of aliphatic hydroxyl groups excluding tert-OH is 5. The fraction of sp³-hybridized carbons (Fsp3) is 0.980. The number of hydrogen-bond donors (Lipinski definition) is 6. The van der Waals surface area contributed by atoms with Gasteiger partial charge in [0.05, 0.1) is 31.0 Å². The normalized spacial score (nSPS) is 21.0. The Morgan fingerprint density at radius 3 is 1.20 bits per heavy atom. The van der Waals surface area contributed by atoms with Gasteiger partial charge < -0.3 is 40.3 Å². The number of ether oxygens (including phenoxy) is 2. The minimum atomic E-state index is -1.44. The summed E-state index contributed by atoms with van der Waals surface area (Å²) in [5.74, 6) is -0.196. The summed E-state index contributed by atoms with van der Waals surface area (Å²) in [6.45, 7) is 4.38. The first-order valence-corrected chi connectivity index (χ1v) is 26.1. The van der Waals surface area contributed by atoms with Crippen LogP contribution >= 0.6 is 0 Å². The average molecular weight is 856 g/mol. The zero-order chi connectivity index (χ0) is 43.9. The zero-order valence-corrected chi connectivity index (χ0v) is 39.7. The molecule has 9 heteroatoms. The van der Waals surface area contributed by atoms with E-state index in [9.17, 15) is 30.3 Å². The molecule has 1 aliphatic carbocycles. The fourth-order valence-electron chi connectivity index (χ4n) is 8.99. The Morgan fingerprint density at radius 2 is 0.833 bits per heavy atom. The fourth-order valence-corrected chi connectivity index (χ4v) is 8.99. The molecule has 0 aromatic rings. The van der Waals surface area contributed by atoms with Crippen molar-refractivity contribution >= 4 is 5.91 Å². The second-order valence-corrected chi connectivity index (χ2v) is 18.8. The number of rotatable bonds is 44. The van der Waals surface area contributed by atoms with Crippen molar-refractivity contribution in [3.63, 3.8) is 0 Å². The SMILES string of the molecule is CCCCCCCCCCCCCCCCCCCCCCCCCC(=O)N[C@@H](CO[C@H]1C[C@H](OC)[C@H](O)[C@H](O)[C@H]1O)[C@H](O)[C@H](O)CCCCCCCCCCCCCC. The molecule has 1 saturated carbocycles. The second-order valence-electron chi connectivity index (χ2n) is 18.8. The molecule has 0 saturated heterocycles. The molecule has 6 N–H and O–H groups in total. The van der Waals surface area contributed by atoms with E-state index in [-0.39, 0.29) is 18.9 Å². The molecule has 0 spiro atoms. The summed E-state index contributed by atoms with van der Waals surface area (Å²) in [4.78, 5) is 13.1. The van der Waals surface area contributed by atoms with Crippen LogP contribution in [0.5, 0.6) is 0 Å². The highest BCUT2D eigenvalue weighted by Gasteiger charge is 2.44. The molecule has 9 nitrogen and oxygen atoms in total. The van der Waals surface area contributed by atoms with Gasteiger partial charge in [0.2, 0.25) is 5.91 Å². The van der Waals surface area contributed by atoms with Crippen molar-refractivity contribution in [1.82, 2.24) is 5.32 Å². The first-order chi connectivity index (χ1) is 29.3. The Morgan fingerprint density at radius 1 is 0.500 bits per heavy atom. The molecule has 1 amide bonds. The number of unbranched alkanes of at least 4 members (excludes halogenated alkanes) is 33. The third kappa shape index (κ3) is 30.3. The average Bonchev–Trinajstić information content (AvgIpc) is 3.25. The first-order valence-electron chi connectivity index (χ1n) is 26.1. The molecule has 358 valence electrons. The largest absolute Gasteiger partial charge is 0.390 e. The summed E-state index contributed by atoms with van der Waals surface area (Å²) in [5, 5.41) is 56.3. The van der Waals surface area contributed by atoms with Crippen molar-refractivity contribution in [1.29, 1.82) is 0 Å². The molecule has 8 atom stereocenters. The predicted octanol–water partition coefficient (Wildman–Crippen LogP) is 11.6. The van der Waals surface area contributed by atoms with E-state index in [4.69, 9.17) is 9.47 Å². The van der Waals surface area contributed by atoms with Gasteiger partial charge in [-0.1, -0.05) is 232 Å². The molecule has 0 unspecified atom stereocenters. The molecular weight excluding hydrogens is 755 g/mol. The highest BCUT2D eigenvalue weighted by atomic mass is 16.5. The summed E-state index contributed by atoms with van der Waals surface area (Å²) in [5.41, 5.74) is 0. The first kappa shape index (κ1) is 57.2. The highest BCUT2D eigenvalue weighted by molar-refractivity contribution is 5.76. The molecule has 0 heterocycles. The van der Waals surface area contributed by atoms with Gasteiger partial charge in [0, 0.05) is 20.0 Å². The van der Waals surface area contributed by atoms with E-state index < -0.39 is 48.8 Å². The van der Waals surface area contributed by atoms with Crippen LogP contribution in [0.4, 0.5) is 0 Å². The van der Waals surface area contributed by atoms with Crippen molar-refractivity contribution < 1.29 is 39.8 Å². The number of nitrogens with one attached hydrogen (secondary N) is 1. The Balaban J connectivity index is 2.26. The molecule has 1 fully saturated rings. The summed E-state index contributed by atoms with van der Waals surface area (Å²) in [7, 11) is 1.43. The van der Waals surface area contributed by atoms with E-state index in [1.165, 1.54) is 193 Å². The summed E-state index contributed by atoms with van der Waals surface area (Å²) < 4.78 is 11.3. The molecule has 60 heavy (non-hydrogen) atoms. The van der Waals surface area contributed by atoms with Crippen molar-refractivity contribution in [3.8, 4) is 0 Å². The monoisotopic (exact) mass is 856 g/mol. The highest BCUT2D eigenvalue weighted by Crippen LogP contribution is 2.26. The van der Waals surface area contributed by atoms with Gasteiger partial charge in [0.25, 0.3) is 0 Å². The van der Waals surface area contributed by atoms with E-state index in [1.54, 1.807) is 0 Å². The van der Waals surface area contributed by atoms with Crippen LogP contribution in [0.2, 0.25) is 0 Å². The van der Waals surface area contributed by atoms with E-state index in [1.807, 2.05) is 0 Å². The van der Waals surface area contributed by atoms with Gasteiger partial charge in [-0.15, -0.1) is 0 Å². The number of amides is 1. The lowest BCUT2D eigenvalue weighted by Gasteiger charge is -2.40. The summed E-state index contributed by atoms with van der Waals surface area (Å²) in [6, 6.07) is -0.883. The molecule has 0 radical (unpaired) electrons. The molecule has 0 aromatic heterocycles. The Kier molecular flexibility index (Phi) is 39.0. The number of methoxy groups -OCH3 is 1. The molecule has 0 aromatic carbocycles. The van der Waals surface area contributed by atoms with Crippen molar-refractivity contribution in [3.05, 3.63) is 0 Å². The summed E-state index contributed by atoms with van der Waals surface area (Å²) >= 11 is 0. The van der Waals surface area contributed by atoms with Crippen molar-refractivity contribution in [2.45, 2.75) is 307 Å². The van der Waals surface area contributed by atoms with E-state index >= 15 is 0 Å². The van der Waals surface area contributed by atoms with E-state index in [0.29, 0.717) is 12.8 Å². The summed E-state index contributed by atoms with van der Waals surface area (Å²) in [6.07, 6.45) is 38.0. The predicted molar refractivity (Wildman–Crippen MR) is 249 cm³/mol. The third-order valence-corrected chi connectivity index (χ3v) is 13.2. The van der Waals surface area contributed by atoms with Crippen LogP contribution in [-0.4, -0.2) is 93.9 Å². The topological polar surface area (TPSA) is 149 Å². The van der Waals surface area contributed by atoms with Crippen LogP contribution < -0.4 is 5.32 Å². The number of carbonyl (C=O) groups is 1. The molecule has 1 aliphatic rings. The van der Waals surface area contributed by atoms with Gasteiger partial charge in [0.15, 0.2) is 0 Å². The quantitative estimate of drug-likeness (QED) is 0.0332. The molecule has 0 aliphatic heterocycles. The van der Waals surface area contributed by atoms with Crippen LogP contribution in [0, 0.1) is 0 Å². The molecular formula is C51H101NO8. The lowest BCUT2D eigenvalue weighted by Crippen LogP contribution is -2.58. The van der Waals surface area contributed by atoms with Gasteiger partial charge in [-0.2, -0.15) is 0 Å². The van der Waals surface area contributed by atoms with Gasteiger partial charge in [-0.25, -0.2) is 0 Å². The standard InChI is InChI=1S/C51H101NO8/c1-4-6-8-10-12-14-16-18-19-20-21-22-23-24-25-26-27-28-30-32-34-36-38-40-47(54)52-43(42-60-46-41-45(59-3)49(56)51(58)50(46)57)48(55)44(53)39-37-35-33-31-29-17-15-13-11-9-7-5-2/h43-46,48-51,53,55-58H,4-42H2,1-3H3,(H,52,54)/t43-,44+,45-,46-,48-,49-,50-,51-/m0/s1. The van der Waals surface area contributed by atoms with Crippen LogP contribution in [0.1, 0.15) is 258 Å². The van der Waals surface area contributed by atoms with Gasteiger partial charge in [0.1, 0.15) is 24.4 Å². The second kappa shape index (κ2) is 40.9. The smallest absolute Gasteiger partial charge is 0.220 e. The number of hydrogen-bond acceptors (Lipinski definition) is 8. The van der Waals surface area contributed by atoms with Gasteiger partial charge in [-0.05, 0) is 12.8 Å². The maximum Gasteiger partial charge on any atom is 0.220 e. The molecule has 0 bridgehead atoms. The minimum Gasteiger partial charge on any atom is -0.390 e. The minimum absolute atomic E-state index is 0.146. The Hall–Kier alpha value is -0.810. The maximum absolute atomic E-state index is 13.1. The number of aliphatic hydroxyl groups is 5. The Labute approximate surface area is 370 Å². The van der Waals surface area contributed by atoms with Crippen LogP contribution in [0.3, 0.4) is 0 Å². The van der Waals surface area contributed by atoms with E-state index in [0.717, 1.165) is 38.5 Å². The maximum atomic E-state index is 13.1. The van der Waals surface area contributed by atoms with E-state index in [2.05, 4.69) is 19.2 Å². The lowest BCUT2D eigenvalue weighted by molar-refractivity contribution is -0.198. The van der Waals surface area contributed by atoms with Gasteiger partial charge >= 0.3 is 0 Å². The zero-order valence-electron chi connectivity index (χ0n) is 39.7. The Bertz CT molecular complexity index is 924. The molecule has 1 rings (SSSR count). The lowest BCUT2D eigenvalue weighted by atomic mass is 9.87. The number of carbonyl (C=O) groups excluding carboxylic acids is 1. The van der Waals surface area contributed by atoms with Gasteiger partial charge in [-0.3, -0.25) is 4.79 Å². The van der Waals surface area contributed by atoms with Crippen molar-refractivity contribution in [2.24, 2.45) is 0 Å². The van der Waals surface area contributed by atoms with Crippen LogP contribution in [0.25, 0.3) is 0 Å². The van der Waals surface area contributed by atoms with Crippen LogP contribution in [-0.2, 0) is 14.3 Å². The third-order valence-electron chi connectivity index (χ3n) is 13.2. The van der Waals surface area contributed by atoms with Crippen LogP contribution in [0.15, 0.2) is 0 Å². The van der Waals surface area contributed by atoms with Crippen molar-refractivity contribution in [2.75, 3.05) is 13.7 Å².